The van der Waals surface area contributed by atoms with Gasteiger partial charge in [0.25, 0.3) is 5.70 Å². The first kappa shape index (κ1) is 26.9. The topological polar surface area (TPSA) is 102 Å². The fraction of sp³-hybridized carbons (Fsp3) is 0.167. The van der Waals surface area contributed by atoms with E-state index in [1.807, 2.05) is 0 Å². The smallest absolute Gasteiger partial charge is 0.245 e. The molecule has 0 aliphatic heterocycles. The molecule has 3 aromatic rings. The number of nitriles is 3. The molecule has 6 nitrogen and oxygen atoms in total. The number of rotatable bonds is 3. The maximum Gasteiger partial charge on any atom is 0.460 e. The van der Waals surface area contributed by atoms with E-state index in [1.165, 1.54) is 6.07 Å². The maximum absolute atomic E-state index is 14.7. The highest BCUT2D eigenvalue weighted by Crippen LogP contribution is 2.57. The summed E-state index contributed by atoms with van der Waals surface area (Å²) < 4.78 is 122. The van der Waals surface area contributed by atoms with Crippen LogP contribution in [0.15, 0.2) is 36.0 Å². The van der Waals surface area contributed by atoms with Crippen molar-refractivity contribution in [3.05, 3.63) is 75.4 Å². The van der Waals surface area contributed by atoms with E-state index < -0.39 is 46.3 Å². The van der Waals surface area contributed by atoms with Gasteiger partial charge in [0.15, 0.2) is 0 Å². The van der Waals surface area contributed by atoms with Gasteiger partial charge in [0, 0.05) is 16.7 Å². The van der Waals surface area contributed by atoms with E-state index in [4.69, 9.17) is 6.57 Å². The van der Waals surface area contributed by atoms with Crippen molar-refractivity contribution >= 4 is 16.6 Å². The standard InChI is InChI=1S/C24H5F9N6/c1-37-17(9-36)18-14-6-12(21(25,26)22(27,28)23(29,30)24(31,32)33)2-3-13(14)19-20(18)39-16-5-11(8-35)10(7-34)4-15(16)38-19/h2-6H/b18-17+. The highest BCUT2D eigenvalue weighted by molar-refractivity contribution is 6.03. The molecule has 194 valence electrons. The van der Waals surface area contributed by atoms with Gasteiger partial charge in [-0.1, -0.05) is 12.1 Å². The maximum atomic E-state index is 14.7. The highest BCUT2D eigenvalue weighted by atomic mass is 19.4. The van der Waals surface area contributed by atoms with E-state index in [0.717, 1.165) is 12.1 Å². The minimum atomic E-state index is -7.13. The number of benzene rings is 2. The Bertz CT molecular complexity index is 1760. The van der Waals surface area contributed by atoms with Gasteiger partial charge >= 0.3 is 23.9 Å². The van der Waals surface area contributed by atoms with Gasteiger partial charge in [-0.15, -0.1) is 0 Å². The largest absolute Gasteiger partial charge is 0.460 e. The number of aromatic nitrogens is 2. The lowest BCUT2D eigenvalue weighted by molar-refractivity contribution is -0.399. The Hall–Kier alpha value is -5.15. The number of alkyl halides is 9. The summed E-state index contributed by atoms with van der Waals surface area (Å²) in [4.78, 5) is 11.3. The Morgan fingerprint density at radius 2 is 1.28 bits per heavy atom. The van der Waals surface area contributed by atoms with Gasteiger partial charge in [0.1, 0.15) is 12.1 Å². The number of hydrogen-bond donors (Lipinski definition) is 0. The van der Waals surface area contributed by atoms with Crippen LogP contribution < -0.4 is 0 Å². The minimum Gasteiger partial charge on any atom is -0.245 e. The highest BCUT2D eigenvalue weighted by Gasteiger charge is 2.82. The molecule has 0 saturated carbocycles. The lowest BCUT2D eigenvalue weighted by atomic mass is 9.93. The summed E-state index contributed by atoms with van der Waals surface area (Å²) in [6, 6.07) is 8.24. The predicted molar refractivity (Wildman–Crippen MR) is 112 cm³/mol. The SMILES string of the molecule is [C-]#[N+]/C(C#N)=C1\c2cc(C(F)(F)C(F)(F)C(F)(F)C(F)(F)F)ccc2-c2nc3cc(C#N)c(C#N)cc3nc21. The molecule has 0 bridgehead atoms. The van der Waals surface area contributed by atoms with Crippen molar-refractivity contribution in [2.75, 3.05) is 0 Å². The molecule has 0 fully saturated rings. The Kier molecular flexibility index (Phi) is 5.82. The third-order valence-electron chi connectivity index (χ3n) is 5.79. The molecule has 0 N–H and O–H groups in total. The Balaban J connectivity index is 2.02. The van der Waals surface area contributed by atoms with Crippen LogP contribution in [0.5, 0.6) is 0 Å². The Labute approximate surface area is 211 Å². The zero-order valence-electron chi connectivity index (χ0n) is 18.5. The molecule has 15 heteroatoms. The van der Waals surface area contributed by atoms with Crippen molar-refractivity contribution in [3.63, 3.8) is 0 Å². The van der Waals surface area contributed by atoms with Crippen molar-refractivity contribution in [1.82, 2.24) is 9.97 Å². The van der Waals surface area contributed by atoms with Crippen LogP contribution in [0.25, 0.3) is 32.7 Å². The molecule has 1 aromatic heterocycles. The molecule has 0 atom stereocenters. The van der Waals surface area contributed by atoms with Crippen molar-refractivity contribution in [3.8, 4) is 29.5 Å². The van der Waals surface area contributed by atoms with Gasteiger partial charge in [-0.05, 0) is 23.8 Å². The number of allylic oxidation sites excluding steroid dienone is 1. The summed E-state index contributed by atoms with van der Waals surface area (Å²) in [6.45, 7) is 7.24. The van der Waals surface area contributed by atoms with Crippen molar-refractivity contribution in [2.24, 2.45) is 0 Å². The summed E-state index contributed by atoms with van der Waals surface area (Å²) in [5, 5.41) is 27.9. The van der Waals surface area contributed by atoms with Crippen molar-refractivity contribution in [1.29, 1.82) is 15.8 Å². The molecular formula is C24H5F9N6. The summed E-state index contributed by atoms with van der Waals surface area (Å²) in [7, 11) is 0. The molecule has 1 heterocycles. The number of halogens is 9. The molecule has 0 unspecified atom stereocenters. The van der Waals surface area contributed by atoms with Gasteiger partial charge in [-0.3, -0.25) is 0 Å². The van der Waals surface area contributed by atoms with Crippen LogP contribution in [0.2, 0.25) is 0 Å². The molecule has 0 saturated heterocycles. The number of fused-ring (bicyclic) bond motifs is 4. The predicted octanol–water partition coefficient (Wildman–Crippen LogP) is 6.48. The van der Waals surface area contributed by atoms with E-state index in [1.54, 1.807) is 12.1 Å². The van der Waals surface area contributed by atoms with Gasteiger partial charge < -0.3 is 0 Å². The van der Waals surface area contributed by atoms with Gasteiger partial charge in [0.05, 0.1) is 46.2 Å². The van der Waals surface area contributed by atoms with Crippen LogP contribution >= 0.6 is 0 Å². The Morgan fingerprint density at radius 3 is 1.74 bits per heavy atom. The molecular weight excluding hydrogens is 543 g/mol. The second-order valence-corrected chi connectivity index (χ2v) is 7.96. The molecule has 0 spiro atoms. The first-order valence-corrected chi connectivity index (χ1v) is 10.1. The third-order valence-corrected chi connectivity index (χ3v) is 5.79. The lowest BCUT2D eigenvalue weighted by Crippen LogP contribution is -2.59. The van der Waals surface area contributed by atoms with Crippen LogP contribution in [-0.2, 0) is 5.92 Å². The lowest BCUT2D eigenvalue weighted by Gasteiger charge is -2.34. The number of hydrogen-bond acceptors (Lipinski definition) is 5. The van der Waals surface area contributed by atoms with Crippen LogP contribution in [0, 0.1) is 40.6 Å². The fourth-order valence-electron chi connectivity index (χ4n) is 3.86. The third kappa shape index (κ3) is 3.63. The molecule has 39 heavy (non-hydrogen) atoms. The van der Waals surface area contributed by atoms with Crippen LogP contribution in [0.3, 0.4) is 0 Å². The number of nitrogens with zero attached hydrogens (tertiary/aromatic N) is 6. The van der Waals surface area contributed by atoms with Gasteiger partial charge in [-0.25, -0.2) is 20.1 Å². The monoisotopic (exact) mass is 548 g/mol. The van der Waals surface area contributed by atoms with E-state index in [-0.39, 0.29) is 51.2 Å². The van der Waals surface area contributed by atoms with Crippen molar-refractivity contribution in [2.45, 2.75) is 23.9 Å². The van der Waals surface area contributed by atoms with Crippen LogP contribution in [0.1, 0.15) is 27.9 Å². The van der Waals surface area contributed by atoms with Gasteiger partial charge in [0.2, 0.25) is 0 Å². The zero-order valence-corrected chi connectivity index (χ0v) is 18.5. The summed E-state index contributed by atoms with van der Waals surface area (Å²) in [5.41, 5.74) is -4.92. The average Bonchev–Trinajstić information content (AvgIpc) is 3.18. The minimum absolute atomic E-state index is 0.0106. The average molecular weight is 548 g/mol. The van der Waals surface area contributed by atoms with Crippen LogP contribution in [0.4, 0.5) is 39.5 Å². The molecule has 1 aliphatic rings. The normalized spacial score (nSPS) is 14.5. The molecule has 2 aromatic carbocycles. The van der Waals surface area contributed by atoms with E-state index in [0.29, 0.717) is 6.07 Å². The molecule has 4 rings (SSSR count). The fourth-order valence-corrected chi connectivity index (χ4v) is 3.86. The molecule has 1 aliphatic carbocycles. The quantitative estimate of drug-likeness (QED) is 0.166. The van der Waals surface area contributed by atoms with E-state index in [2.05, 4.69) is 14.8 Å². The summed E-state index contributed by atoms with van der Waals surface area (Å²) in [6.07, 6.45) is -7.02. The van der Waals surface area contributed by atoms with Crippen molar-refractivity contribution < 1.29 is 39.5 Å². The Morgan fingerprint density at radius 1 is 0.744 bits per heavy atom. The first-order valence-electron chi connectivity index (χ1n) is 10.1. The zero-order chi connectivity index (χ0) is 29.1. The second kappa shape index (κ2) is 8.44. The second-order valence-electron chi connectivity index (χ2n) is 7.96. The van der Waals surface area contributed by atoms with E-state index >= 15 is 0 Å². The summed E-state index contributed by atoms with van der Waals surface area (Å²) >= 11 is 0. The van der Waals surface area contributed by atoms with Gasteiger partial charge in [-0.2, -0.15) is 50.0 Å². The summed E-state index contributed by atoms with van der Waals surface area (Å²) in [5.74, 6) is -20.1. The van der Waals surface area contributed by atoms with E-state index in [9.17, 15) is 55.3 Å². The van der Waals surface area contributed by atoms with Crippen LogP contribution in [-0.4, -0.2) is 28.0 Å². The first-order chi connectivity index (χ1) is 18.1. The molecule has 0 amide bonds. The molecule has 0 radical (unpaired) electrons.